The van der Waals surface area contributed by atoms with E-state index in [2.05, 4.69) is 11.0 Å². The number of carbonyl (C=O) groups is 2. The fourth-order valence-electron chi connectivity index (χ4n) is 3.55. The Bertz CT molecular complexity index is 785. The number of hydrogen-bond acceptors (Lipinski definition) is 4. The van der Waals surface area contributed by atoms with Crippen molar-refractivity contribution in [2.75, 3.05) is 19.3 Å². The molecule has 0 saturated carbocycles. The first-order chi connectivity index (χ1) is 12.6. The first-order valence-electron chi connectivity index (χ1n) is 9.07. The van der Waals surface area contributed by atoms with E-state index in [1.165, 1.54) is 4.90 Å². The van der Waals surface area contributed by atoms with Gasteiger partial charge in [-0.2, -0.15) is 0 Å². The molecule has 0 amide bonds. The predicted molar refractivity (Wildman–Crippen MR) is 107 cm³/mol. The van der Waals surface area contributed by atoms with Crippen molar-refractivity contribution >= 4 is 23.3 Å². The third kappa shape index (κ3) is 4.63. The van der Waals surface area contributed by atoms with E-state index < -0.39 is 0 Å². The highest BCUT2D eigenvalue weighted by atomic mass is 32.2. The molecule has 0 aromatic heterocycles. The highest BCUT2D eigenvalue weighted by molar-refractivity contribution is 7.98. The molecule has 2 aromatic carbocycles. The zero-order valence-corrected chi connectivity index (χ0v) is 16.2. The number of piperidine rings is 1. The second kappa shape index (κ2) is 8.65. The summed E-state index contributed by atoms with van der Waals surface area (Å²) < 4.78 is 0. The van der Waals surface area contributed by atoms with E-state index >= 15 is 0 Å². The first kappa shape index (κ1) is 18.9. The van der Waals surface area contributed by atoms with E-state index in [9.17, 15) is 9.59 Å². The molecule has 0 spiro atoms. The summed E-state index contributed by atoms with van der Waals surface area (Å²) in [5, 5.41) is 0. The van der Waals surface area contributed by atoms with Crippen LogP contribution in [0.3, 0.4) is 0 Å². The normalized spacial score (nSPS) is 17.8. The van der Waals surface area contributed by atoms with Gasteiger partial charge in [-0.3, -0.25) is 14.5 Å². The topological polar surface area (TPSA) is 37.4 Å². The molecule has 3 nitrogen and oxygen atoms in total. The van der Waals surface area contributed by atoms with Crippen molar-refractivity contribution in [1.29, 1.82) is 0 Å². The third-order valence-electron chi connectivity index (χ3n) is 4.99. The number of likely N-dealkylation sites (tertiary alicyclic amines) is 1. The summed E-state index contributed by atoms with van der Waals surface area (Å²) in [6.45, 7) is 4.17. The Hall–Kier alpha value is -1.91. The summed E-state index contributed by atoms with van der Waals surface area (Å²) in [6.07, 6.45) is 4.02. The van der Waals surface area contributed by atoms with Crippen molar-refractivity contribution in [2.45, 2.75) is 31.2 Å². The molecule has 0 N–H and O–H groups in total. The zero-order valence-electron chi connectivity index (χ0n) is 15.4. The second-order valence-corrected chi connectivity index (χ2v) is 7.80. The molecule has 1 fully saturated rings. The maximum Gasteiger partial charge on any atom is 0.167 e. The van der Waals surface area contributed by atoms with Crippen LogP contribution in [0.1, 0.15) is 46.0 Å². The van der Waals surface area contributed by atoms with E-state index in [1.54, 1.807) is 18.7 Å². The van der Waals surface area contributed by atoms with Gasteiger partial charge in [0.2, 0.25) is 0 Å². The molecule has 2 aromatic rings. The molecule has 3 rings (SSSR count). The number of carbonyl (C=O) groups excluding carboxylic acids is 2. The fraction of sp³-hybridized carbons (Fsp3) is 0.364. The smallest absolute Gasteiger partial charge is 0.167 e. The van der Waals surface area contributed by atoms with Crippen LogP contribution < -0.4 is 0 Å². The number of thioether (sulfide) groups is 1. The summed E-state index contributed by atoms with van der Waals surface area (Å²) in [4.78, 5) is 27.9. The maximum absolute atomic E-state index is 12.9. The van der Waals surface area contributed by atoms with E-state index in [4.69, 9.17) is 0 Å². The minimum atomic E-state index is 0.0554. The Morgan fingerprint density at radius 2 is 1.88 bits per heavy atom. The predicted octanol–water partition coefficient (Wildman–Crippen LogP) is 4.71. The van der Waals surface area contributed by atoms with Crippen LogP contribution in [0.4, 0.5) is 0 Å². The Labute approximate surface area is 159 Å². The van der Waals surface area contributed by atoms with Gasteiger partial charge in [0.15, 0.2) is 11.6 Å². The van der Waals surface area contributed by atoms with Gasteiger partial charge in [-0.15, -0.1) is 11.8 Å². The van der Waals surface area contributed by atoms with Crippen LogP contribution in [-0.4, -0.2) is 35.8 Å². The molecule has 1 atom stereocenters. The molecule has 1 saturated heterocycles. The van der Waals surface area contributed by atoms with Gasteiger partial charge in [-0.25, -0.2) is 0 Å². The largest absolute Gasteiger partial charge is 0.298 e. The van der Waals surface area contributed by atoms with Crippen molar-refractivity contribution in [1.82, 2.24) is 4.90 Å². The zero-order chi connectivity index (χ0) is 18.5. The number of benzene rings is 2. The minimum absolute atomic E-state index is 0.0554. The van der Waals surface area contributed by atoms with E-state index in [0.717, 1.165) is 49.2 Å². The molecule has 0 unspecified atom stereocenters. The van der Waals surface area contributed by atoms with Crippen molar-refractivity contribution in [3.63, 3.8) is 0 Å². The molecule has 0 bridgehead atoms. The lowest BCUT2D eigenvalue weighted by Gasteiger charge is -2.32. The molecular weight excluding hydrogens is 342 g/mol. The number of ketones is 2. The van der Waals surface area contributed by atoms with E-state index in [-0.39, 0.29) is 17.5 Å². The minimum Gasteiger partial charge on any atom is -0.298 e. The quantitative estimate of drug-likeness (QED) is 0.547. The maximum atomic E-state index is 12.9. The van der Waals surface area contributed by atoms with Gasteiger partial charge in [-0.1, -0.05) is 30.3 Å². The van der Waals surface area contributed by atoms with Gasteiger partial charge >= 0.3 is 0 Å². The molecule has 1 heterocycles. The molecule has 0 radical (unpaired) electrons. The molecule has 1 aliphatic heterocycles. The van der Waals surface area contributed by atoms with Gasteiger partial charge in [0.25, 0.3) is 0 Å². The SMILES string of the molecule is CSc1ccc(C(=O)[C@H]2CCCN(Cc3cccc(C(C)=O)c3)C2)cc1. The highest BCUT2D eigenvalue weighted by Gasteiger charge is 2.26. The van der Waals surface area contributed by atoms with Gasteiger partial charge in [0.05, 0.1) is 0 Å². The van der Waals surface area contributed by atoms with Crippen LogP contribution in [0, 0.1) is 5.92 Å². The van der Waals surface area contributed by atoms with Gasteiger partial charge in [-0.05, 0) is 56.3 Å². The lowest BCUT2D eigenvalue weighted by atomic mass is 9.90. The summed E-state index contributed by atoms with van der Waals surface area (Å²) >= 11 is 1.69. The van der Waals surface area contributed by atoms with Crippen LogP contribution in [0.25, 0.3) is 0 Å². The van der Waals surface area contributed by atoms with E-state index in [0.29, 0.717) is 0 Å². The van der Waals surface area contributed by atoms with Gasteiger partial charge in [0, 0.05) is 35.0 Å². The van der Waals surface area contributed by atoms with Crippen LogP contribution in [0.2, 0.25) is 0 Å². The Morgan fingerprint density at radius 1 is 1.12 bits per heavy atom. The Kier molecular flexibility index (Phi) is 6.28. The standard InChI is InChI=1S/C22H25NO2S/c1-16(24)19-6-3-5-17(13-19)14-23-12-4-7-20(15-23)22(25)18-8-10-21(26-2)11-9-18/h3,5-6,8-11,13,20H,4,7,12,14-15H2,1-2H3/t20-/m0/s1. The number of rotatable bonds is 6. The van der Waals surface area contributed by atoms with Crippen molar-refractivity contribution in [3.8, 4) is 0 Å². The average molecular weight is 368 g/mol. The number of Topliss-reactive ketones (excluding diaryl/α,β-unsaturated/α-hetero) is 2. The average Bonchev–Trinajstić information content (AvgIpc) is 2.68. The Morgan fingerprint density at radius 3 is 2.58 bits per heavy atom. The number of hydrogen-bond donors (Lipinski definition) is 0. The number of nitrogens with zero attached hydrogens (tertiary/aromatic N) is 1. The van der Waals surface area contributed by atoms with Crippen molar-refractivity contribution in [3.05, 3.63) is 65.2 Å². The molecule has 26 heavy (non-hydrogen) atoms. The first-order valence-corrected chi connectivity index (χ1v) is 10.3. The highest BCUT2D eigenvalue weighted by Crippen LogP contribution is 2.24. The second-order valence-electron chi connectivity index (χ2n) is 6.92. The third-order valence-corrected chi connectivity index (χ3v) is 5.73. The van der Waals surface area contributed by atoms with Crippen LogP contribution in [0.15, 0.2) is 53.4 Å². The van der Waals surface area contributed by atoms with Crippen LogP contribution >= 0.6 is 11.8 Å². The summed E-state index contributed by atoms with van der Waals surface area (Å²) in [6, 6.07) is 15.7. The van der Waals surface area contributed by atoms with Crippen molar-refractivity contribution in [2.24, 2.45) is 5.92 Å². The van der Waals surface area contributed by atoms with Gasteiger partial charge < -0.3 is 0 Å². The summed E-state index contributed by atoms with van der Waals surface area (Å²) in [5.74, 6) is 0.395. The van der Waals surface area contributed by atoms with Crippen LogP contribution in [-0.2, 0) is 6.54 Å². The lowest BCUT2D eigenvalue weighted by Crippen LogP contribution is -2.38. The molecule has 136 valence electrons. The van der Waals surface area contributed by atoms with Crippen molar-refractivity contribution < 1.29 is 9.59 Å². The van der Waals surface area contributed by atoms with E-state index in [1.807, 2.05) is 48.7 Å². The van der Waals surface area contributed by atoms with Crippen LogP contribution in [0.5, 0.6) is 0 Å². The summed E-state index contributed by atoms with van der Waals surface area (Å²) in [7, 11) is 0. The summed E-state index contributed by atoms with van der Waals surface area (Å²) in [5.41, 5.74) is 2.70. The molecule has 4 heteroatoms. The monoisotopic (exact) mass is 367 g/mol. The Balaban J connectivity index is 1.65. The van der Waals surface area contributed by atoms with Gasteiger partial charge in [0.1, 0.15) is 0 Å². The molecule has 0 aliphatic carbocycles. The molecule has 1 aliphatic rings. The molecular formula is C22H25NO2S. The fourth-order valence-corrected chi connectivity index (χ4v) is 3.96. The lowest BCUT2D eigenvalue weighted by molar-refractivity contribution is 0.0811.